The Hall–Kier alpha value is -2.13. The molecule has 1 aromatic heterocycles. The van der Waals surface area contributed by atoms with Crippen molar-refractivity contribution < 1.29 is 29.2 Å². The molecular formula is C25H27FO5S. The molecule has 3 aromatic rings. The number of ether oxygens (including phenoxy) is 2. The largest absolute Gasteiger partial charge is 0.394 e. The zero-order valence-electron chi connectivity index (χ0n) is 18.0. The maximum atomic E-state index is 13.2. The Morgan fingerprint density at radius 3 is 2.56 bits per heavy atom. The van der Waals surface area contributed by atoms with Crippen LogP contribution in [-0.2, 0) is 21.7 Å². The molecule has 1 saturated heterocycles. The highest BCUT2D eigenvalue weighted by molar-refractivity contribution is 7.15. The number of hydrogen-bond donors (Lipinski definition) is 3. The van der Waals surface area contributed by atoms with E-state index in [1.165, 1.54) is 19.2 Å². The molecule has 0 spiro atoms. The number of hydrogen-bond acceptors (Lipinski definition) is 6. The number of rotatable bonds is 6. The minimum Gasteiger partial charge on any atom is -0.394 e. The van der Waals surface area contributed by atoms with Crippen molar-refractivity contribution in [1.29, 1.82) is 0 Å². The quantitative estimate of drug-likeness (QED) is 0.524. The third-order valence-corrected chi connectivity index (χ3v) is 7.15. The van der Waals surface area contributed by atoms with Crippen molar-refractivity contribution in [3.8, 4) is 10.4 Å². The van der Waals surface area contributed by atoms with E-state index in [9.17, 15) is 19.7 Å². The van der Waals surface area contributed by atoms with Gasteiger partial charge in [-0.15, -0.1) is 11.3 Å². The Balaban J connectivity index is 1.64. The van der Waals surface area contributed by atoms with Gasteiger partial charge in [0, 0.05) is 35.3 Å². The molecular weight excluding hydrogens is 431 g/mol. The van der Waals surface area contributed by atoms with Gasteiger partial charge in [0.15, 0.2) is 0 Å². The van der Waals surface area contributed by atoms with Gasteiger partial charge in [-0.2, -0.15) is 0 Å². The van der Waals surface area contributed by atoms with Crippen LogP contribution in [0.15, 0.2) is 54.6 Å². The molecule has 4 atom stereocenters. The number of aryl methyl sites for hydroxylation is 1. The monoisotopic (exact) mass is 458 g/mol. The number of benzene rings is 2. The van der Waals surface area contributed by atoms with E-state index < -0.39 is 24.1 Å². The van der Waals surface area contributed by atoms with Crippen LogP contribution in [0.2, 0.25) is 0 Å². The lowest BCUT2D eigenvalue weighted by Crippen LogP contribution is -2.57. The van der Waals surface area contributed by atoms with Crippen molar-refractivity contribution in [3.05, 3.63) is 82.0 Å². The first kappa shape index (κ1) is 23.0. The summed E-state index contributed by atoms with van der Waals surface area (Å²) < 4.78 is 24.8. The molecule has 170 valence electrons. The number of aliphatic hydroxyl groups is 3. The van der Waals surface area contributed by atoms with Crippen LogP contribution < -0.4 is 0 Å². The molecule has 2 heterocycles. The van der Waals surface area contributed by atoms with Crippen LogP contribution in [0.4, 0.5) is 4.39 Å². The SMILES string of the molecule is COC1(c2ccc(C)c(Cc3ccc(-c4ccc(F)cc4)s3)c2)OC(CO)CC(O)C1O. The molecule has 3 N–H and O–H groups in total. The Kier molecular flexibility index (Phi) is 6.76. The number of aliphatic hydroxyl groups excluding tert-OH is 3. The van der Waals surface area contributed by atoms with Crippen LogP contribution >= 0.6 is 11.3 Å². The zero-order chi connectivity index (χ0) is 22.9. The van der Waals surface area contributed by atoms with Crippen LogP contribution in [0.25, 0.3) is 10.4 Å². The van der Waals surface area contributed by atoms with Crippen molar-refractivity contribution in [2.24, 2.45) is 0 Å². The molecule has 0 radical (unpaired) electrons. The van der Waals surface area contributed by atoms with Crippen LogP contribution in [0.5, 0.6) is 0 Å². The maximum absolute atomic E-state index is 13.2. The van der Waals surface area contributed by atoms with Crippen molar-refractivity contribution >= 4 is 11.3 Å². The molecule has 4 unspecified atom stereocenters. The molecule has 1 fully saturated rings. The summed E-state index contributed by atoms with van der Waals surface area (Å²) in [5.41, 5.74) is 3.65. The smallest absolute Gasteiger partial charge is 0.224 e. The molecule has 32 heavy (non-hydrogen) atoms. The van der Waals surface area contributed by atoms with Crippen molar-refractivity contribution in [1.82, 2.24) is 0 Å². The number of halogens is 1. The molecule has 0 saturated carbocycles. The molecule has 4 rings (SSSR count). The third kappa shape index (κ3) is 4.37. The summed E-state index contributed by atoms with van der Waals surface area (Å²) in [6, 6.07) is 16.2. The summed E-state index contributed by atoms with van der Waals surface area (Å²) in [4.78, 5) is 2.19. The summed E-state index contributed by atoms with van der Waals surface area (Å²) in [7, 11) is 1.42. The normalized spacial score (nSPS) is 25.8. The fourth-order valence-corrected chi connectivity index (χ4v) is 5.20. The summed E-state index contributed by atoms with van der Waals surface area (Å²) >= 11 is 1.64. The summed E-state index contributed by atoms with van der Waals surface area (Å²) in [5.74, 6) is -1.83. The van der Waals surface area contributed by atoms with E-state index >= 15 is 0 Å². The van der Waals surface area contributed by atoms with E-state index in [4.69, 9.17) is 9.47 Å². The van der Waals surface area contributed by atoms with Gasteiger partial charge in [0.25, 0.3) is 0 Å². The van der Waals surface area contributed by atoms with Crippen molar-refractivity contribution in [2.75, 3.05) is 13.7 Å². The predicted molar refractivity (Wildman–Crippen MR) is 121 cm³/mol. The molecule has 1 aliphatic heterocycles. The molecule has 0 amide bonds. The Morgan fingerprint density at radius 2 is 1.88 bits per heavy atom. The summed E-state index contributed by atoms with van der Waals surface area (Å²) in [5, 5.41) is 30.7. The second kappa shape index (κ2) is 9.39. The highest BCUT2D eigenvalue weighted by atomic mass is 32.1. The Labute approximate surface area is 190 Å². The van der Waals surface area contributed by atoms with E-state index in [0.717, 1.165) is 26.4 Å². The minimum atomic E-state index is -1.57. The minimum absolute atomic E-state index is 0.128. The second-order valence-electron chi connectivity index (χ2n) is 8.13. The van der Waals surface area contributed by atoms with Crippen molar-refractivity contribution in [3.63, 3.8) is 0 Å². The van der Waals surface area contributed by atoms with Gasteiger partial charge >= 0.3 is 0 Å². The van der Waals surface area contributed by atoms with E-state index in [0.29, 0.717) is 12.0 Å². The van der Waals surface area contributed by atoms with E-state index in [2.05, 4.69) is 6.07 Å². The highest BCUT2D eigenvalue weighted by Crippen LogP contribution is 2.40. The van der Waals surface area contributed by atoms with Crippen LogP contribution in [-0.4, -0.2) is 47.3 Å². The lowest BCUT2D eigenvalue weighted by molar-refractivity contribution is -0.344. The van der Waals surface area contributed by atoms with Gasteiger partial charge in [-0.25, -0.2) is 4.39 Å². The average Bonchev–Trinajstić information content (AvgIpc) is 3.26. The lowest BCUT2D eigenvalue weighted by atomic mass is 9.88. The standard InChI is InChI=1S/C25H27FO5S/c1-15-3-6-18(25(30-2)24(29)22(28)13-20(14-27)31-25)11-17(15)12-21-9-10-23(32-21)16-4-7-19(26)8-5-16/h3-11,20,22,24,27-29H,12-14H2,1-2H3. The first-order valence-electron chi connectivity index (χ1n) is 10.5. The fourth-order valence-electron chi connectivity index (χ4n) is 4.16. The Bertz CT molecular complexity index is 1070. The van der Waals surface area contributed by atoms with Gasteiger partial charge < -0.3 is 24.8 Å². The average molecular weight is 459 g/mol. The molecule has 0 aliphatic carbocycles. The van der Waals surface area contributed by atoms with Gasteiger partial charge in [-0.05, 0) is 53.9 Å². The summed E-state index contributed by atoms with van der Waals surface area (Å²) in [6.07, 6.45) is -2.23. The lowest BCUT2D eigenvalue weighted by Gasteiger charge is -2.45. The molecule has 0 bridgehead atoms. The molecule has 5 nitrogen and oxygen atoms in total. The summed E-state index contributed by atoms with van der Waals surface area (Å²) in [6.45, 7) is 1.73. The van der Waals surface area contributed by atoms with Crippen molar-refractivity contribution in [2.45, 2.75) is 43.9 Å². The highest BCUT2D eigenvalue weighted by Gasteiger charge is 2.51. The van der Waals surface area contributed by atoms with Crippen LogP contribution in [0.3, 0.4) is 0 Å². The first-order chi connectivity index (χ1) is 15.4. The van der Waals surface area contributed by atoms with E-state index in [1.807, 2.05) is 31.2 Å². The Morgan fingerprint density at radius 1 is 1.12 bits per heavy atom. The van der Waals surface area contributed by atoms with Gasteiger partial charge in [-0.1, -0.05) is 24.3 Å². The van der Waals surface area contributed by atoms with Gasteiger partial charge in [-0.3, -0.25) is 0 Å². The van der Waals surface area contributed by atoms with E-state index in [-0.39, 0.29) is 18.8 Å². The van der Waals surface area contributed by atoms with Crippen LogP contribution in [0.1, 0.15) is 28.0 Å². The van der Waals surface area contributed by atoms with Gasteiger partial charge in [0.1, 0.15) is 11.9 Å². The van der Waals surface area contributed by atoms with E-state index in [1.54, 1.807) is 23.5 Å². The van der Waals surface area contributed by atoms with Gasteiger partial charge in [0.2, 0.25) is 5.79 Å². The number of thiophene rings is 1. The predicted octanol–water partition coefficient (Wildman–Crippen LogP) is 3.76. The third-order valence-electron chi connectivity index (χ3n) is 6.01. The molecule has 1 aliphatic rings. The first-order valence-corrected chi connectivity index (χ1v) is 11.3. The number of methoxy groups -OCH3 is 1. The molecule has 7 heteroatoms. The second-order valence-corrected chi connectivity index (χ2v) is 9.30. The fraction of sp³-hybridized carbons (Fsp3) is 0.360. The zero-order valence-corrected chi connectivity index (χ0v) is 18.8. The maximum Gasteiger partial charge on any atom is 0.224 e. The van der Waals surface area contributed by atoms with Gasteiger partial charge in [0.05, 0.1) is 18.8 Å². The van der Waals surface area contributed by atoms with Crippen LogP contribution in [0, 0.1) is 12.7 Å². The molecule has 2 aromatic carbocycles. The topological polar surface area (TPSA) is 79.2 Å².